The summed E-state index contributed by atoms with van der Waals surface area (Å²) in [7, 11) is 0. The molecule has 0 saturated heterocycles. The quantitative estimate of drug-likeness (QED) is 0.447. The Morgan fingerprint density at radius 1 is 1.06 bits per heavy atom. The molecule has 1 unspecified atom stereocenters. The Balaban J connectivity index is 1.75. The summed E-state index contributed by atoms with van der Waals surface area (Å²) >= 11 is 22.6. The minimum atomic E-state index is -4.50. The van der Waals surface area contributed by atoms with Gasteiger partial charge in [0.15, 0.2) is 0 Å². The normalized spacial score (nSPS) is 16.1. The summed E-state index contributed by atoms with van der Waals surface area (Å²) in [6.07, 6.45) is -5.42. The lowest BCUT2D eigenvalue weighted by Gasteiger charge is -2.18. The van der Waals surface area contributed by atoms with E-state index in [-0.39, 0.29) is 12.2 Å². The number of carbonyl (C=O) groups is 2. The maximum absolute atomic E-state index is 12.7. The Morgan fingerprint density at radius 3 is 2.24 bits per heavy atom. The van der Waals surface area contributed by atoms with Crippen LogP contribution in [0.5, 0.6) is 0 Å². The summed E-state index contributed by atoms with van der Waals surface area (Å²) < 4.78 is 41.3. The van der Waals surface area contributed by atoms with Gasteiger partial charge in [0.05, 0.1) is 23.9 Å². The van der Waals surface area contributed by atoms with E-state index in [0.717, 1.165) is 29.3 Å². The number of alkyl carbamates (subject to hydrolysis) is 1. The molecule has 0 fully saturated rings. The average Bonchev–Trinajstić information content (AvgIpc) is 3.16. The number of nitrogens with one attached hydrogen (secondary N) is 2. The largest absolute Gasteiger partial charge is 0.445 e. The second kappa shape index (κ2) is 10.5. The van der Waals surface area contributed by atoms with E-state index in [4.69, 9.17) is 51.1 Å². The Hall–Kier alpha value is -2.40. The number of amides is 3. The second-order valence-electron chi connectivity index (χ2n) is 6.97. The highest BCUT2D eigenvalue weighted by atomic mass is 35.6. The Labute approximate surface area is 211 Å². The molecule has 2 N–H and O–H groups in total. The molecule has 1 atom stereocenters. The molecule has 1 aliphatic heterocycles. The number of rotatable bonds is 4. The lowest BCUT2D eigenvalue weighted by Crippen LogP contribution is -2.44. The molecule has 3 amide bonds. The number of hydrogen-bond donors (Lipinski definition) is 2. The van der Waals surface area contributed by atoms with Crippen LogP contribution in [-0.2, 0) is 10.9 Å². The average molecular weight is 558 g/mol. The Morgan fingerprint density at radius 2 is 1.68 bits per heavy atom. The number of hydrazone groups is 1. The SMILES string of the molecule is O=C(NC1CN(C(=O)Nc2ccc(C(F)(F)F)cc2)N=C1c1ccc(Cl)cc1)OCC(Cl)(Cl)Cl. The van der Waals surface area contributed by atoms with Gasteiger partial charge in [-0.25, -0.2) is 14.6 Å². The molecular formula is C20H15Cl4F3N4O3. The molecule has 1 heterocycles. The molecule has 0 spiro atoms. The van der Waals surface area contributed by atoms with Crippen molar-refractivity contribution in [2.24, 2.45) is 5.10 Å². The third-order valence-electron chi connectivity index (χ3n) is 4.41. The van der Waals surface area contributed by atoms with E-state index in [1.54, 1.807) is 24.3 Å². The molecule has 14 heteroatoms. The van der Waals surface area contributed by atoms with E-state index >= 15 is 0 Å². The second-order valence-corrected chi connectivity index (χ2v) is 9.92. The number of carbonyl (C=O) groups excluding carboxylic acids is 2. The highest BCUT2D eigenvalue weighted by molar-refractivity contribution is 6.67. The summed E-state index contributed by atoms with van der Waals surface area (Å²) in [6.45, 7) is -0.616. The number of hydrogen-bond acceptors (Lipinski definition) is 4. The van der Waals surface area contributed by atoms with Gasteiger partial charge in [0.2, 0.25) is 3.79 Å². The van der Waals surface area contributed by atoms with Gasteiger partial charge in [-0.2, -0.15) is 18.3 Å². The number of benzene rings is 2. The van der Waals surface area contributed by atoms with Crippen LogP contribution >= 0.6 is 46.4 Å². The van der Waals surface area contributed by atoms with Crippen LogP contribution in [0.3, 0.4) is 0 Å². The highest BCUT2D eigenvalue weighted by Crippen LogP contribution is 2.30. The smallest absolute Gasteiger partial charge is 0.416 e. The van der Waals surface area contributed by atoms with Crippen molar-refractivity contribution in [2.75, 3.05) is 18.5 Å². The Kier molecular flexibility index (Phi) is 8.07. The molecule has 182 valence electrons. The first-order valence-electron chi connectivity index (χ1n) is 9.42. The van der Waals surface area contributed by atoms with Crippen LogP contribution < -0.4 is 10.6 Å². The van der Waals surface area contributed by atoms with Gasteiger partial charge in [0, 0.05) is 16.3 Å². The number of anilines is 1. The molecule has 34 heavy (non-hydrogen) atoms. The van der Waals surface area contributed by atoms with Crippen molar-refractivity contribution in [3.63, 3.8) is 0 Å². The maximum atomic E-state index is 12.7. The molecule has 0 bridgehead atoms. The molecule has 3 rings (SSSR count). The monoisotopic (exact) mass is 556 g/mol. The van der Waals surface area contributed by atoms with Crippen molar-refractivity contribution in [2.45, 2.75) is 16.0 Å². The van der Waals surface area contributed by atoms with E-state index in [1.807, 2.05) is 0 Å². The lowest BCUT2D eigenvalue weighted by atomic mass is 10.0. The van der Waals surface area contributed by atoms with Gasteiger partial charge in [0.25, 0.3) is 0 Å². The van der Waals surface area contributed by atoms with Crippen LogP contribution in [0.25, 0.3) is 0 Å². The molecule has 2 aromatic carbocycles. The molecule has 0 saturated carbocycles. The summed E-state index contributed by atoms with van der Waals surface area (Å²) in [5.74, 6) is 0. The van der Waals surface area contributed by atoms with Gasteiger partial charge in [-0.1, -0.05) is 58.5 Å². The van der Waals surface area contributed by atoms with Gasteiger partial charge in [-0.05, 0) is 36.4 Å². The summed E-state index contributed by atoms with van der Waals surface area (Å²) in [4.78, 5) is 24.8. The fourth-order valence-electron chi connectivity index (χ4n) is 2.88. The fourth-order valence-corrected chi connectivity index (χ4v) is 3.17. The lowest BCUT2D eigenvalue weighted by molar-refractivity contribution is -0.137. The van der Waals surface area contributed by atoms with Crippen molar-refractivity contribution in [1.29, 1.82) is 0 Å². The van der Waals surface area contributed by atoms with Gasteiger partial charge in [-0.3, -0.25) is 0 Å². The molecule has 0 radical (unpaired) electrons. The zero-order valence-electron chi connectivity index (χ0n) is 16.9. The van der Waals surface area contributed by atoms with Gasteiger partial charge >= 0.3 is 18.3 Å². The number of nitrogens with zero attached hydrogens (tertiary/aromatic N) is 2. The van der Waals surface area contributed by atoms with Gasteiger partial charge < -0.3 is 15.4 Å². The first kappa shape index (κ1) is 26.2. The van der Waals surface area contributed by atoms with Crippen LogP contribution in [0, 0.1) is 0 Å². The third kappa shape index (κ3) is 7.30. The minimum Gasteiger partial charge on any atom is -0.445 e. The number of ether oxygens (including phenoxy) is 1. The van der Waals surface area contributed by atoms with E-state index in [0.29, 0.717) is 16.3 Å². The van der Waals surface area contributed by atoms with Crippen molar-refractivity contribution >= 4 is 69.9 Å². The molecule has 7 nitrogen and oxygen atoms in total. The topological polar surface area (TPSA) is 83.0 Å². The van der Waals surface area contributed by atoms with Gasteiger partial charge in [-0.15, -0.1) is 0 Å². The first-order valence-corrected chi connectivity index (χ1v) is 10.9. The fraction of sp³-hybridized carbons (Fsp3) is 0.250. The van der Waals surface area contributed by atoms with Crippen molar-refractivity contribution < 1.29 is 27.5 Å². The van der Waals surface area contributed by atoms with Crippen LogP contribution in [-0.4, -0.2) is 45.8 Å². The zero-order valence-corrected chi connectivity index (χ0v) is 19.9. The number of urea groups is 1. The van der Waals surface area contributed by atoms with Crippen LogP contribution in [0.1, 0.15) is 11.1 Å². The summed E-state index contributed by atoms with van der Waals surface area (Å²) in [6, 6.07) is 8.85. The predicted octanol–water partition coefficient (Wildman–Crippen LogP) is 6.08. The molecule has 0 aliphatic carbocycles. The van der Waals surface area contributed by atoms with E-state index in [1.165, 1.54) is 0 Å². The van der Waals surface area contributed by atoms with Crippen LogP contribution in [0.2, 0.25) is 5.02 Å². The van der Waals surface area contributed by atoms with E-state index in [9.17, 15) is 22.8 Å². The summed E-state index contributed by atoms with van der Waals surface area (Å²) in [5, 5.41) is 10.7. The highest BCUT2D eigenvalue weighted by Gasteiger charge is 2.34. The minimum absolute atomic E-state index is 0.104. The molecular weight excluding hydrogens is 543 g/mol. The maximum Gasteiger partial charge on any atom is 0.416 e. The summed E-state index contributed by atoms with van der Waals surface area (Å²) in [5.41, 5.74) is 0.137. The van der Waals surface area contributed by atoms with Crippen molar-refractivity contribution in [3.05, 3.63) is 64.7 Å². The van der Waals surface area contributed by atoms with E-state index < -0.39 is 40.3 Å². The third-order valence-corrected chi connectivity index (χ3v) is 4.99. The van der Waals surface area contributed by atoms with Crippen LogP contribution in [0.4, 0.5) is 28.4 Å². The Bertz CT molecular complexity index is 1070. The number of halogens is 7. The van der Waals surface area contributed by atoms with Crippen LogP contribution in [0.15, 0.2) is 53.6 Å². The molecule has 0 aromatic heterocycles. The van der Waals surface area contributed by atoms with E-state index in [2.05, 4.69) is 15.7 Å². The molecule has 2 aromatic rings. The van der Waals surface area contributed by atoms with Gasteiger partial charge in [0.1, 0.15) is 6.61 Å². The first-order chi connectivity index (χ1) is 15.8. The van der Waals surface area contributed by atoms with Crippen molar-refractivity contribution in [1.82, 2.24) is 10.3 Å². The predicted molar refractivity (Wildman–Crippen MR) is 124 cm³/mol. The number of alkyl halides is 6. The zero-order chi connectivity index (χ0) is 25.1. The van der Waals surface area contributed by atoms with Crippen molar-refractivity contribution in [3.8, 4) is 0 Å². The standard InChI is InChI=1S/C20H15Cl4F3N4O3/c21-13-5-1-11(2-6-13)16-15(29-18(33)34-10-19(22,23)24)9-31(30-16)17(32)28-14-7-3-12(4-8-14)20(25,26)27/h1-8,15H,9-10H2,(H,28,32)(H,29,33). The molecule has 1 aliphatic rings.